The Morgan fingerprint density at radius 3 is 0.764 bits per heavy atom. The van der Waals surface area contributed by atoms with Gasteiger partial charge in [0.05, 0.1) is 33.6 Å². The molecular weight excluding hydrogens is 1330 g/mol. The summed E-state index contributed by atoms with van der Waals surface area (Å²) >= 11 is 0. The van der Waals surface area contributed by atoms with Crippen LogP contribution in [-0.4, -0.2) is 29.9 Å². The summed E-state index contributed by atoms with van der Waals surface area (Å²) in [6, 6.07) is 139. The minimum Gasteiger partial charge on any atom is -0.264 e. The lowest BCUT2D eigenvalue weighted by atomic mass is 9.67. The number of hydrogen-bond donors (Lipinski definition) is 0. The van der Waals surface area contributed by atoms with Crippen molar-refractivity contribution in [2.75, 3.05) is 0 Å². The van der Waals surface area contributed by atoms with Gasteiger partial charge in [-0.25, -0.2) is 19.9 Å². The zero-order valence-electron chi connectivity index (χ0n) is 59.9. The van der Waals surface area contributed by atoms with Crippen LogP contribution in [0.2, 0.25) is 0 Å². The van der Waals surface area contributed by atoms with Crippen LogP contribution >= 0.6 is 0 Å². The van der Waals surface area contributed by atoms with Crippen LogP contribution in [-0.2, 0) is 10.8 Å². The van der Waals surface area contributed by atoms with Gasteiger partial charge in [-0.1, -0.05) is 352 Å². The number of rotatable bonds is 12. The molecule has 0 saturated carbocycles. The Hall–Kier alpha value is -14.5. The van der Waals surface area contributed by atoms with Gasteiger partial charge in [0.1, 0.15) is 0 Å². The van der Waals surface area contributed by atoms with Crippen LogP contribution in [0.25, 0.3) is 146 Å². The fourth-order valence-corrected chi connectivity index (χ4v) is 17.2. The predicted molar refractivity (Wildman–Crippen MR) is 448 cm³/mol. The van der Waals surface area contributed by atoms with Crippen molar-refractivity contribution in [3.8, 4) is 146 Å². The average Bonchev–Trinajstić information content (AvgIpc) is 1.53. The molecule has 0 fully saturated rings. The fraction of sp³-hybridized carbons (Fsp3) is 0.0192. The Kier molecular flexibility index (Phi) is 16.3. The van der Waals surface area contributed by atoms with Gasteiger partial charge >= 0.3 is 0 Å². The van der Waals surface area contributed by atoms with Crippen LogP contribution in [0.4, 0.5) is 0 Å². The van der Waals surface area contributed by atoms with Gasteiger partial charge in [0.2, 0.25) is 0 Å². The minimum absolute atomic E-state index is 0.365. The number of fused-ring (bicyclic) bond motifs is 13. The van der Waals surface area contributed by atoms with E-state index < -0.39 is 5.41 Å². The molecule has 1 spiro atoms. The van der Waals surface area contributed by atoms with Crippen molar-refractivity contribution < 1.29 is 0 Å². The summed E-state index contributed by atoms with van der Waals surface area (Å²) in [5, 5.41) is 0. The van der Waals surface area contributed by atoms with Crippen LogP contribution in [0.1, 0.15) is 44.5 Å². The summed E-state index contributed by atoms with van der Waals surface area (Å²) in [6.45, 7) is 0. The van der Waals surface area contributed by atoms with Gasteiger partial charge < -0.3 is 0 Å². The molecule has 6 nitrogen and oxygen atoms in total. The normalized spacial score (nSPS) is 12.7. The highest BCUT2D eigenvalue weighted by Gasteiger charge is 2.52. The van der Waals surface area contributed by atoms with Crippen molar-refractivity contribution in [3.05, 3.63) is 458 Å². The molecule has 3 aliphatic rings. The average molecular weight is 1400 g/mol. The molecule has 21 rings (SSSR count). The van der Waals surface area contributed by atoms with Gasteiger partial charge in [0, 0.05) is 58.2 Å². The van der Waals surface area contributed by atoms with Gasteiger partial charge in [-0.05, 0) is 159 Å². The van der Waals surface area contributed by atoms with Crippen LogP contribution in [0, 0.1) is 0 Å². The fourth-order valence-electron chi connectivity index (χ4n) is 17.2. The Bertz CT molecular complexity index is 6040. The summed E-state index contributed by atoms with van der Waals surface area (Å²) in [5.41, 5.74) is 36.3. The maximum atomic E-state index is 5.14. The summed E-state index contributed by atoms with van der Waals surface area (Å²) in [4.78, 5) is 29.0. The van der Waals surface area contributed by atoms with Crippen molar-refractivity contribution in [2.45, 2.75) is 10.8 Å². The lowest BCUT2D eigenvalue weighted by molar-refractivity contribution is 0.769. The number of pyridine rings is 2. The number of nitrogens with zero attached hydrogens (tertiary/aromatic N) is 6. The molecular formula is C104H68N6. The number of benzene rings is 14. The van der Waals surface area contributed by atoms with Crippen molar-refractivity contribution in [3.63, 3.8) is 0 Å². The molecule has 0 atom stereocenters. The Morgan fingerprint density at radius 2 is 0.418 bits per heavy atom. The maximum Gasteiger partial charge on any atom is 0.160 e. The van der Waals surface area contributed by atoms with E-state index in [1.165, 1.54) is 94.6 Å². The summed E-state index contributed by atoms with van der Waals surface area (Å²) in [5.74, 6) is 1.38. The van der Waals surface area contributed by atoms with Crippen molar-refractivity contribution in [2.24, 2.45) is 0 Å². The zero-order chi connectivity index (χ0) is 73.0. The smallest absolute Gasteiger partial charge is 0.160 e. The lowest BCUT2D eigenvalue weighted by Crippen LogP contribution is -2.28. The first-order valence-corrected chi connectivity index (χ1v) is 37.4. The number of hydrogen-bond acceptors (Lipinski definition) is 6. The van der Waals surface area contributed by atoms with Crippen molar-refractivity contribution >= 4 is 0 Å². The van der Waals surface area contributed by atoms with Crippen molar-refractivity contribution in [1.82, 2.24) is 29.9 Å². The highest BCUT2D eigenvalue weighted by molar-refractivity contribution is 5.96. The van der Waals surface area contributed by atoms with E-state index in [4.69, 9.17) is 19.9 Å². The Morgan fingerprint density at radius 1 is 0.164 bits per heavy atom. The summed E-state index contributed by atoms with van der Waals surface area (Å²) < 4.78 is 0. The third-order valence-electron chi connectivity index (χ3n) is 22.4. The molecule has 0 bridgehead atoms. The van der Waals surface area contributed by atoms with E-state index in [0.29, 0.717) is 11.6 Å². The molecule has 0 unspecified atom stereocenters. The maximum absolute atomic E-state index is 5.14. The van der Waals surface area contributed by atoms with Crippen LogP contribution in [0.15, 0.2) is 413 Å². The second-order valence-electron chi connectivity index (χ2n) is 28.4. The van der Waals surface area contributed by atoms with E-state index in [2.05, 4.69) is 362 Å². The zero-order valence-corrected chi connectivity index (χ0v) is 59.9. The molecule has 0 radical (unpaired) electrons. The van der Waals surface area contributed by atoms with Crippen LogP contribution < -0.4 is 0 Å². The molecule has 0 saturated heterocycles. The van der Waals surface area contributed by atoms with Crippen LogP contribution in [0.5, 0.6) is 0 Å². The minimum atomic E-state index is -0.439. The molecule has 110 heavy (non-hydrogen) atoms. The lowest BCUT2D eigenvalue weighted by Gasteiger charge is -2.34. The second-order valence-corrected chi connectivity index (χ2v) is 28.4. The summed E-state index contributed by atoms with van der Waals surface area (Å²) in [6.07, 6.45) is 7.36. The molecule has 3 aliphatic carbocycles. The molecule has 14 aromatic carbocycles. The molecule has 4 aromatic heterocycles. The number of aromatic nitrogens is 6. The first-order chi connectivity index (χ1) is 54.5. The predicted octanol–water partition coefficient (Wildman–Crippen LogP) is 25.1. The quantitative estimate of drug-likeness (QED) is 0.121. The van der Waals surface area contributed by atoms with E-state index in [9.17, 15) is 0 Å². The van der Waals surface area contributed by atoms with Gasteiger partial charge in [-0.3, -0.25) is 9.97 Å². The van der Waals surface area contributed by atoms with E-state index in [-0.39, 0.29) is 5.41 Å². The molecule has 0 N–H and O–H groups in total. The van der Waals surface area contributed by atoms with Gasteiger partial charge in [-0.2, -0.15) is 0 Å². The van der Waals surface area contributed by atoms with Gasteiger partial charge in [0.15, 0.2) is 11.6 Å². The van der Waals surface area contributed by atoms with E-state index in [1.54, 1.807) is 12.4 Å². The SMILES string of the molecule is c1ccc(-c2cc(-c3ccc(-c4ccc5c(c4)C(c4ccccc4)(c4ccccc4)c4ccccc4-5)cc3)nc(-c3ccc(-c4cccnc4)cc3)n2)cc1.c1ccc(-c2cc(-c3ccc(-c4ccc5c(c4)C4(c6ccccc6-c6ccccc64)c4ccccc4-5)cc3)nc(-c3ccc(-c4cccnc4)cc3)n2)cc1. The topological polar surface area (TPSA) is 77.3 Å². The van der Waals surface area contributed by atoms with Gasteiger partial charge in [-0.15, -0.1) is 0 Å². The highest BCUT2D eigenvalue weighted by Crippen LogP contribution is 2.63. The first-order valence-electron chi connectivity index (χ1n) is 37.4. The molecule has 6 heteroatoms. The van der Waals surface area contributed by atoms with E-state index >= 15 is 0 Å². The van der Waals surface area contributed by atoms with Gasteiger partial charge in [0.25, 0.3) is 0 Å². The van der Waals surface area contributed by atoms with Crippen molar-refractivity contribution in [1.29, 1.82) is 0 Å². The molecule has 0 amide bonds. The Balaban J connectivity index is 0.000000144. The Labute approximate surface area is 639 Å². The largest absolute Gasteiger partial charge is 0.264 e. The third-order valence-corrected chi connectivity index (χ3v) is 22.4. The molecule has 0 aliphatic heterocycles. The van der Waals surface area contributed by atoms with E-state index in [1.807, 2.05) is 48.8 Å². The molecule has 514 valence electrons. The first kappa shape index (κ1) is 65.1. The van der Waals surface area contributed by atoms with E-state index in [0.717, 1.165) is 84.0 Å². The third kappa shape index (κ3) is 11.2. The highest BCUT2D eigenvalue weighted by atomic mass is 14.9. The standard InChI is InChI=1S/C52H33N3.C52H35N3/c1-2-11-36(12-3-1)49-32-50(55-51(54-49)38-26-22-35(23-27-38)40-13-10-30-53-33-40)37-24-20-34(21-25-37)39-28-29-44-43-16-6-9-19-47(43)52(48(44)31-39)45-17-7-4-14-41(45)42-15-5-8-18-46(42)52;1-4-13-38(14-5-1)49-34-50(55-51(54-49)40-28-24-37(25-29-40)42-15-12-32-53-35-42)39-26-22-36(23-27-39)41-30-31-46-45-20-10-11-21-47(45)52(48(46)33-41,43-16-6-2-7-17-43)44-18-8-3-9-19-44/h1-33H;1-35H. The van der Waals surface area contributed by atoms with Crippen LogP contribution in [0.3, 0.4) is 0 Å². The monoisotopic (exact) mass is 1400 g/mol. The molecule has 18 aromatic rings. The second kappa shape index (κ2) is 27.5. The summed E-state index contributed by atoms with van der Waals surface area (Å²) in [7, 11) is 0. The molecule has 4 heterocycles.